The van der Waals surface area contributed by atoms with Gasteiger partial charge < -0.3 is 10.5 Å². The van der Waals surface area contributed by atoms with E-state index in [9.17, 15) is 0 Å². The summed E-state index contributed by atoms with van der Waals surface area (Å²) in [6, 6.07) is 4.36. The molecule has 4 nitrogen and oxygen atoms in total. The highest BCUT2D eigenvalue weighted by atomic mass is 16.5. The van der Waals surface area contributed by atoms with Crippen LogP contribution < -0.4 is 5.73 Å². The molecule has 1 heterocycles. The second-order valence-corrected chi connectivity index (χ2v) is 4.68. The summed E-state index contributed by atoms with van der Waals surface area (Å²) in [7, 11) is 1.75. The van der Waals surface area contributed by atoms with Crippen molar-refractivity contribution in [2.24, 2.45) is 0 Å². The molecule has 0 fully saturated rings. The Morgan fingerprint density at radius 2 is 2.17 bits per heavy atom. The molecular weight excluding hydrogens is 226 g/mol. The zero-order valence-electron chi connectivity index (χ0n) is 11.7. The average molecular weight is 251 g/mol. The first-order valence-electron chi connectivity index (χ1n) is 6.60. The monoisotopic (exact) mass is 251 g/mol. The lowest BCUT2D eigenvalue weighted by Gasteiger charge is -2.28. The second-order valence-electron chi connectivity index (χ2n) is 4.68. The van der Waals surface area contributed by atoms with Crippen LogP contribution in [0.15, 0.2) is 18.3 Å². The molecule has 1 atom stereocenters. The number of methoxy groups -OCH3 is 1. The third kappa shape index (κ3) is 5.02. The highest BCUT2D eigenvalue weighted by Gasteiger charge is 2.12. The minimum Gasteiger partial charge on any atom is -0.384 e. The molecule has 0 amide bonds. The lowest BCUT2D eigenvalue weighted by Crippen LogP contribution is -2.38. The van der Waals surface area contributed by atoms with Gasteiger partial charge in [-0.3, -0.25) is 4.90 Å². The third-order valence-electron chi connectivity index (χ3n) is 3.08. The summed E-state index contributed by atoms with van der Waals surface area (Å²) in [5.41, 5.74) is 6.81. The molecule has 0 saturated heterocycles. The van der Waals surface area contributed by atoms with Crippen LogP contribution in [-0.2, 0) is 11.2 Å². The van der Waals surface area contributed by atoms with Crippen LogP contribution in [0.5, 0.6) is 0 Å². The van der Waals surface area contributed by atoms with E-state index < -0.39 is 0 Å². The number of pyridine rings is 1. The van der Waals surface area contributed by atoms with Gasteiger partial charge in [0.2, 0.25) is 0 Å². The molecule has 0 unspecified atom stereocenters. The summed E-state index contributed by atoms with van der Waals surface area (Å²) in [4.78, 5) is 6.58. The highest BCUT2D eigenvalue weighted by Crippen LogP contribution is 2.07. The fourth-order valence-corrected chi connectivity index (χ4v) is 2.04. The van der Waals surface area contributed by atoms with E-state index in [1.165, 1.54) is 5.56 Å². The summed E-state index contributed by atoms with van der Waals surface area (Å²) in [6.45, 7) is 7.33. The molecule has 102 valence electrons. The number of anilines is 1. The van der Waals surface area contributed by atoms with E-state index >= 15 is 0 Å². The van der Waals surface area contributed by atoms with Crippen molar-refractivity contribution >= 4 is 5.82 Å². The Morgan fingerprint density at radius 1 is 1.39 bits per heavy atom. The Balaban J connectivity index is 2.48. The van der Waals surface area contributed by atoms with Crippen molar-refractivity contribution in [2.75, 3.05) is 32.5 Å². The van der Waals surface area contributed by atoms with Gasteiger partial charge >= 0.3 is 0 Å². The van der Waals surface area contributed by atoms with Crippen LogP contribution in [0.4, 0.5) is 5.82 Å². The van der Waals surface area contributed by atoms with Gasteiger partial charge in [-0.05, 0) is 37.9 Å². The molecule has 2 N–H and O–H groups in total. The standard InChI is InChI=1S/C14H25N3O/c1-4-8-17(12(2)11-18-3)9-7-13-5-6-14(15)16-10-13/h5-6,10,12H,4,7-9,11H2,1-3H3,(H2,15,16)/t12-/m0/s1. The minimum absolute atomic E-state index is 0.455. The Hall–Kier alpha value is -1.13. The maximum atomic E-state index is 5.58. The van der Waals surface area contributed by atoms with Crippen molar-refractivity contribution in [2.45, 2.75) is 32.7 Å². The van der Waals surface area contributed by atoms with Crippen molar-refractivity contribution in [1.29, 1.82) is 0 Å². The van der Waals surface area contributed by atoms with Gasteiger partial charge in [0, 0.05) is 25.9 Å². The number of nitrogens with two attached hydrogens (primary N) is 1. The maximum absolute atomic E-state index is 5.58. The van der Waals surface area contributed by atoms with Crippen LogP contribution in [0.3, 0.4) is 0 Å². The van der Waals surface area contributed by atoms with Crippen molar-refractivity contribution in [1.82, 2.24) is 9.88 Å². The van der Waals surface area contributed by atoms with E-state index in [0.717, 1.165) is 32.5 Å². The molecule has 0 bridgehead atoms. The van der Waals surface area contributed by atoms with E-state index in [-0.39, 0.29) is 0 Å². The molecule has 0 aliphatic carbocycles. The molecular formula is C14H25N3O. The van der Waals surface area contributed by atoms with E-state index in [1.807, 2.05) is 18.3 Å². The number of nitrogens with zero attached hydrogens (tertiary/aromatic N) is 2. The average Bonchev–Trinajstić information content (AvgIpc) is 2.36. The maximum Gasteiger partial charge on any atom is 0.123 e. The summed E-state index contributed by atoms with van der Waals surface area (Å²) in [6.07, 6.45) is 4.02. The quantitative estimate of drug-likeness (QED) is 0.767. The van der Waals surface area contributed by atoms with Crippen LogP contribution in [0.25, 0.3) is 0 Å². The van der Waals surface area contributed by atoms with Crippen LogP contribution in [0.1, 0.15) is 25.8 Å². The molecule has 0 saturated carbocycles. The molecule has 0 radical (unpaired) electrons. The predicted molar refractivity (Wildman–Crippen MR) is 75.6 cm³/mol. The molecule has 1 aromatic heterocycles. The molecule has 0 aliphatic heterocycles. The highest BCUT2D eigenvalue weighted by molar-refractivity contribution is 5.29. The number of ether oxygens (including phenoxy) is 1. The normalized spacial score (nSPS) is 12.9. The predicted octanol–water partition coefficient (Wildman–Crippen LogP) is 1.95. The van der Waals surface area contributed by atoms with Crippen molar-refractivity contribution in [3.05, 3.63) is 23.9 Å². The van der Waals surface area contributed by atoms with Gasteiger partial charge in [0.15, 0.2) is 0 Å². The summed E-state index contributed by atoms with van der Waals surface area (Å²) < 4.78 is 5.23. The van der Waals surface area contributed by atoms with Crippen LogP contribution in [-0.4, -0.2) is 42.7 Å². The van der Waals surface area contributed by atoms with Gasteiger partial charge in [0.25, 0.3) is 0 Å². The number of hydrogen-bond acceptors (Lipinski definition) is 4. The van der Waals surface area contributed by atoms with Gasteiger partial charge in [-0.25, -0.2) is 4.98 Å². The Morgan fingerprint density at radius 3 is 2.72 bits per heavy atom. The lowest BCUT2D eigenvalue weighted by atomic mass is 10.1. The molecule has 0 aliphatic rings. The van der Waals surface area contributed by atoms with Crippen LogP contribution in [0, 0.1) is 0 Å². The number of aromatic nitrogens is 1. The van der Waals surface area contributed by atoms with E-state index in [0.29, 0.717) is 11.9 Å². The number of nitrogen functional groups attached to an aromatic ring is 1. The van der Waals surface area contributed by atoms with Gasteiger partial charge in [0.05, 0.1) is 6.61 Å². The molecule has 4 heteroatoms. The van der Waals surface area contributed by atoms with Crippen molar-refractivity contribution in [3.8, 4) is 0 Å². The lowest BCUT2D eigenvalue weighted by molar-refractivity contribution is 0.0998. The number of rotatable bonds is 8. The molecule has 18 heavy (non-hydrogen) atoms. The summed E-state index contributed by atoms with van der Waals surface area (Å²) in [5.74, 6) is 0.580. The molecule has 0 aromatic carbocycles. The zero-order chi connectivity index (χ0) is 13.4. The van der Waals surface area contributed by atoms with Crippen molar-refractivity contribution in [3.63, 3.8) is 0 Å². The van der Waals surface area contributed by atoms with Crippen molar-refractivity contribution < 1.29 is 4.74 Å². The first-order chi connectivity index (χ1) is 8.67. The van der Waals surface area contributed by atoms with Crippen LogP contribution >= 0.6 is 0 Å². The Labute approximate surface area is 110 Å². The fourth-order valence-electron chi connectivity index (χ4n) is 2.04. The Bertz CT molecular complexity index is 326. The SMILES string of the molecule is CCCN(CCc1ccc(N)nc1)[C@@H](C)COC. The number of hydrogen-bond donors (Lipinski definition) is 1. The zero-order valence-corrected chi connectivity index (χ0v) is 11.7. The van der Waals surface area contributed by atoms with E-state index in [1.54, 1.807) is 7.11 Å². The van der Waals surface area contributed by atoms with Gasteiger partial charge in [0.1, 0.15) is 5.82 Å². The fraction of sp³-hybridized carbons (Fsp3) is 0.643. The second kappa shape index (κ2) is 8.06. The molecule has 0 spiro atoms. The summed E-state index contributed by atoms with van der Waals surface area (Å²) >= 11 is 0. The minimum atomic E-state index is 0.455. The van der Waals surface area contributed by atoms with E-state index in [4.69, 9.17) is 10.5 Å². The first-order valence-corrected chi connectivity index (χ1v) is 6.60. The first kappa shape index (κ1) is 14.9. The Kier molecular flexibility index (Phi) is 6.68. The topological polar surface area (TPSA) is 51.4 Å². The van der Waals surface area contributed by atoms with Gasteiger partial charge in [-0.15, -0.1) is 0 Å². The third-order valence-corrected chi connectivity index (χ3v) is 3.08. The van der Waals surface area contributed by atoms with Crippen LogP contribution in [0.2, 0.25) is 0 Å². The summed E-state index contributed by atoms with van der Waals surface area (Å²) in [5, 5.41) is 0. The van der Waals surface area contributed by atoms with E-state index in [2.05, 4.69) is 23.7 Å². The largest absolute Gasteiger partial charge is 0.384 e. The molecule has 1 rings (SSSR count). The molecule has 1 aromatic rings. The van der Waals surface area contributed by atoms with Gasteiger partial charge in [-0.2, -0.15) is 0 Å². The van der Waals surface area contributed by atoms with Gasteiger partial charge in [-0.1, -0.05) is 13.0 Å². The smallest absolute Gasteiger partial charge is 0.123 e.